The summed E-state index contributed by atoms with van der Waals surface area (Å²) in [5.41, 5.74) is 2.23. The van der Waals surface area contributed by atoms with E-state index in [1.807, 2.05) is 26.2 Å². The lowest BCUT2D eigenvalue weighted by molar-refractivity contribution is -0.132. The molecule has 0 bridgehead atoms. The van der Waals surface area contributed by atoms with Crippen molar-refractivity contribution in [2.24, 2.45) is 0 Å². The Morgan fingerprint density at radius 3 is 3.00 bits per heavy atom. The van der Waals surface area contributed by atoms with E-state index < -0.39 is 0 Å². The molecule has 2 heterocycles. The van der Waals surface area contributed by atoms with Crippen molar-refractivity contribution in [1.82, 2.24) is 15.2 Å². The van der Waals surface area contributed by atoms with Crippen molar-refractivity contribution in [3.8, 4) is 0 Å². The van der Waals surface area contributed by atoms with Gasteiger partial charge in [0.25, 0.3) is 0 Å². The van der Waals surface area contributed by atoms with Crippen LogP contribution in [-0.4, -0.2) is 35.4 Å². The van der Waals surface area contributed by atoms with E-state index in [1.54, 1.807) is 4.90 Å². The highest BCUT2D eigenvalue weighted by Gasteiger charge is 2.21. The number of amides is 1. The van der Waals surface area contributed by atoms with Gasteiger partial charge in [-0.3, -0.25) is 9.78 Å². The van der Waals surface area contributed by atoms with E-state index in [9.17, 15) is 4.79 Å². The number of piperidine rings is 1. The molecule has 0 aromatic carbocycles. The van der Waals surface area contributed by atoms with E-state index in [2.05, 4.69) is 16.4 Å². The van der Waals surface area contributed by atoms with Gasteiger partial charge < -0.3 is 10.2 Å². The molecule has 1 saturated heterocycles. The van der Waals surface area contributed by atoms with Crippen molar-refractivity contribution >= 4 is 5.91 Å². The Morgan fingerprint density at radius 1 is 1.53 bits per heavy atom. The number of nitrogens with zero attached hydrogens (tertiary/aromatic N) is 2. The first-order chi connectivity index (χ1) is 8.15. The molecule has 1 aliphatic rings. The summed E-state index contributed by atoms with van der Waals surface area (Å²) in [6, 6.07) is 4.51. The second-order valence-corrected chi connectivity index (χ2v) is 4.70. The molecule has 1 amide bonds. The molecule has 92 valence electrons. The number of rotatable bonds is 3. The van der Waals surface area contributed by atoms with Crippen LogP contribution in [0, 0.1) is 6.92 Å². The van der Waals surface area contributed by atoms with Crippen LogP contribution < -0.4 is 5.32 Å². The van der Waals surface area contributed by atoms with E-state index in [0.29, 0.717) is 12.5 Å². The molecule has 1 unspecified atom stereocenters. The van der Waals surface area contributed by atoms with E-state index in [1.165, 1.54) is 5.56 Å². The summed E-state index contributed by atoms with van der Waals surface area (Å²) >= 11 is 0. The fourth-order valence-corrected chi connectivity index (χ4v) is 2.04. The molecular formula is C13H19N3O. The average molecular weight is 233 g/mol. The largest absolute Gasteiger partial charge is 0.344 e. The van der Waals surface area contributed by atoms with Crippen LogP contribution in [0.15, 0.2) is 18.3 Å². The number of carbonyl (C=O) groups excluding carboxylic acids is 1. The highest BCUT2D eigenvalue weighted by molar-refractivity contribution is 5.76. The minimum Gasteiger partial charge on any atom is -0.344 e. The fraction of sp³-hybridized carbons (Fsp3) is 0.538. The number of carbonyl (C=O) groups is 1. The number of pyridine rings is 1. The number of likely N-dealkylation sites (N-methyl/N-ethyl adjacent to an activating group) is 1. The monoisotopic (exact) mass is 233 g/mol. The van der Waals surface area contributed by atoms with E-state index >= 15 is 0 Å². The summed E-state index contributed by atoms with van der Waals surface area (Å²) in [6.45, 7) is 3.61. The highest BCUT2D eigenvalue weighted by atomic mass is 16.2. The third-order valence-electron chi connectivity index (χ3n) is 3.19. The maximum Gasteiger partial charge on any atom is 0.222 e. The van der Waals surface area contributed by atoms with Crippen molar-refractivity contribution in [2.75, 3.05) is 13.6 Å². The van der Waals surface area contributed by atoms with Gasteiger partial charge >= 0.3 is 0 Å². The Labute approximate surface area is 102 Å². The van der Waals surface area contributed by atoms with Crippen LogP contribution in [-0.2, 0) is 11.3 Å². The maximum atomic E-state index is 11.3. The molecule has 1 N–H and O–H groups in total. The summed E-state index contributed by atoms with van der Waals surface area (Å²) in [7, 11) is 1.86. The van der Waals surface area contributed by atoms with Crippen LogP contribution in [0.2, 0.25) is 0 Å². The molecule has 4 heteroatoms. The summed E-state index contributed by atoms with van der Waals surface area (Å²) < 4.78 is 0. The van der Waals surface area contributed by atoms with Crippen LogP contribution in [0.5, 0.6) is 0 Å². The molecule has 1 fully saturated rings. The van der Waals surface area contributed by atoms with Crippen molar-refractivity contribution < 1.29 is 4.79 Å². The van der Waals surface area contributed by atoms with Crippen molar-refractivity contribution in [2.45, 2.75) is 32.4 Å². The zero-order valence-corrected chi connectivity index (χ0v) is 10.4. The Kier molecular flexibility index (Phi) is 3.74. The molecule has 1 aliphatic heterocycles. The molecular weight excluding hydrogens is 214 g/mol. The number of aryl methyl sites for hydroxylation is 1. The standard InChI is InChI=1S/C13H19N3O/c1-10-3-4-11(7-14-10)8-15-12-5-6-13(17)16(2)9-12/h3-4,7,12,15H,5-6,8-9H2,1-2H3. The molecule has 1 atom stereocenters. The van der Waals surface area contributed by atoms with Crippen LogP contribution in [0.3, 0.4) is 0 Å². The number of hydrogen-bond acceptors (Lipinski definition) is 3. The van der Waals surface area contributed by atoms with Crippen molar-refractivity contribution in [3.05, 3.63) is 29.6 Å². The molecule has 17 heavy (non-hydrogen) atoms. The Hall–Kier alpha value is -1.42. The van der Waals surface area contributed by atoms with Gasteiger partial charge in [-0.1, -0.05) is 6.07 Å². The number of aromatic nitrogens is 1. The first kappa shape index (κ1) is 12.0. The minimum atomic E-state index is 0.250. The van der Waals surface area contributed by atoms with Crippen LogP contribution in [0.4, 0.5) is 0 Å². The second kappa shape index (κ2) is 5.27. The van der Waals surface area contributed by atoms with Crippen molar-refractivity contribution in [1.29, 1.82) is 0 Å². The quantitative estimate of drug-likeness (QED) is 0.850. The van der Waals surface area contributed by atoms with E-state index in [4.69, 9.17) is 0 Å². The van der Waals surface area contributed by atoms with E-state index in [0.717, 1.165) is 25.2 Å². The molecule has 1 aromatic heterocycles. The molecule has 2 rings (SSSR count). The van der Waals surface area contributed by atoms with E-state index in [-0.39, 0.29) is 5.91 Å². The van der Waals surface area contributed by atoms with Gasteiger partial charge in [-0.15, -0.1) is 0 Å². The molecule has 4 nitrogen and oxygen atoms in total. The topological polar surface area (TPSA) is 45.2 Å². The summed E-state index contributed by atoms with van der Waals surface area (Å²) in [5, 5.41) is 3.47. The van der Waals surface area contributed by atoms with Gasteiger partial charge in [0.2, 0.25) is 5.91 Å². The lowest BCUT2D eigenvalue weighted by Crippen LogP contribution is -2.46. The second-order valence-electron chi connectivity index (χ2n) is 4.70. The Bertz CT molecular complexity index is 388. The fourth-order valence-electron chi connectivity index (χ4n) is 2.04. The van der Waals surface area contributed by atoms with Gasteiger partial charge in [0.15, 0.2) is 0 Å². The predicted octanol–water partition coefficient (Wildman–Crippen LogP) is 1.10. The minimum absolute atomic E-state index is 0.250. The smallest absolute Gasteiger partial charge is 0.222 e. The SMILES string of the molecule is Cc1ccc(CNC2CCC(=O)N(C)C2)cn1. The Balaban J connectivity index is 1.82. The van der Waals surface area contributed by atoms with Crippen molar-refractivity contribution in [3.63, 3.8) is 0 Å². The zero-order valence-electron chi connectivity index (χ0n) is 10.4. The third kappa shape index (κ3) is 3.27. The lowest BCUT2D eigenvalue weighted by atomic mass is 10.1. The Morgan fingerprint density at radius 2 is 2.35 bits per heavy atom. The average Bonchev–Trinajstić information content (AvgIpc) is 2.33. The van der Waals surface area contributed by atoms with Crippen LogP contribution >= 0.6 is 0 Å². The van der Waals surface area contributed by atoms with Gasteiger partial charge in [-0.25, -0.2) is 0 Å². The highest BCUT2D eigenvalue weighted by Crippen LogP contribution is 2.10. The molecule has 0 aliphatic carbocycles. The summed E-state index contributed by atoms with van der Waals surface area (Å²) in [6.07, 6.45) is 3.49. The maximum absolute atomic E-state index is 11.3. The molecule has 1 aromatic rings. The molecule has 0 radical (unpaired) electrons. The number of hydrogen-bond donors (Lipinski definition) is 1. The predicted molar refractivity (Wildman–Crippen MR) is 66.5 cm³/mol. The normalized spacial score (nSPS) is 20.7. The third-order valence-corrected chi connectivity index (χ3v) is 3.19. The van der Waals surface area contributed by atoms with Gasteiger partial charge in [0.1, 0.15) is 0 Å². The zero-order chi connectivity index (χ0) is 12.3. The van der Waals surface area contributed by atoms with Gasteiger partial charge in [0.05, 0.1) is 0 Å². The first-order valence-corrected chi connectivity index (χ1v) is 6.04. The molecule has 0 saturated carbocycles. The van der Waals surface area contributed by atoms with Crippen LogP contribution in [0.1, 0.15) is 24.1 Å². The number of nitrogens with one attached hydrogen (secondary N) is 1. The summed E-state index contributed by atoms with van der Waals surface area (Å²) in [4.78, 5) is 17.4. The molecule has 0 spiro atoms. The van der Waals surface area contributed by atoms with Gasteiger partial charge in [0, 0.05) is 44.5 Å². The number of likely N-dealkylation sites (tertiary alicyclic amines) is 1. The summed E-state index contributed by atoms with van der Waals surface area (Å²) in [5.74, 6) is 0.250. The first-order valence-electron chi connectivity index (χ1n) is 6.04. The van der Waals surface area contributed by atoms with Gasteiger partial charge in [-0.05, 0) is 25.0 Å². The van der Waals surface area contributed by atoms with Gasteiger partial charge in [-0.2, -0.15) is 0 Å². The van der Waals surface area contributed by atoms with Crippen LogP contribution in [0.25, 0.3) is 0 Å². The lowest BCUT2D eigenvalue weighted by Gasteiger charge is -2.30.